The maximum absolute atomic E-state index is 13.1. The van der Waals surface area contributed by atoms with Crippen LogP contribution < -0.4 is 4.90 Å². The molecule has 1 saturated heterocycles. The average molecular weight is 372 g/mol. The molecule has 0 atom stereocenters. The largest absolute Gasteiger partial charge is 0.369 e. The third-order valence-corrected chi connectivity index (χ3v) is 6.49. The highest BCUT2D eigenvalue weighted by Crippen LogP contribution is 2.31. The number of nitrogens with zero attached hydrogens (tertiary/aromatic N) is 3. The zero-order valence-corrected chi connectivity index (χ0v) is 15.9. The third-order valence-electron chi connectivity index (χ3n) is 5.28. The molecule has 3 nitrogen and oxygen atoms in total. The van der Waals surface area contributed by atoms with Gasteiger partial charge in [-0.3, -0.25) is 4.90 Å². The van der Waals surface area contributed by atoms with E-state index in [4.69, 9.17) is 0 Å². The summed E-state index contributed by atoms with van der Waals surface area (Å²) in [5.74, 6) is -0.161. The Morgan fingerprint density at radius 1 is 0.846 bits per heavy atom. The van der Waals surface area contributed by atoms with Crippen LogP contribution in [0.5, 0.6) is 0 Å². The van der Waals surface area contributed by atoms with E-state index < -0.39 is 0 Å². The van der Waals surface area contributed by atoms with Crippen LogP contribution in [0.15, 0.2) is 53.4 Å². The van der Waals surface area contributed by atoms with E-state index in [2.05, 4.69) is 38.4 Å². The molecule has 0 amide bonds. The Hall–Kier alpha value is -1.56. The first-order valence-electron chi connectivity index (χ1n) is 9.52. The molecule has 2 aliphatic heterocycles. The fourth-order valence-corrected chi connectivity index (χ4v) is 4.85. The standard InChI is InChI=1S/C21H26FN3S/c22-19-6-8-20(9-7-19)24-16-14-23(15-17-24)11-3-12-25-13-10-18-4-1-2-5-21(18)26-25/h1-2,4-9H,3,10-17H2. The Kier molecular flexibility index (Phi) is 5.78. The zero-order chi connectivity index (χ0) is 17.8. The number of halogens is 1. The van der Waals surface area contributed by atoms with Gasteiger partial charge in [0.1, 0.15) is 5.82 Å². The average Bonchev–Trinajstić information content (AvgIpc) is 2.69. The van der Waals surface area contributed by atoms with Gasteiger partial charge in [0.05, 0.1) is 0 Å². The first-order chi connectivity index (χ1) is 12.8. The van der Waals surface area contributed by atoms with Gasteiger partial charge in [-0.25, -0.2) is 8.70 Å². The maximum atomic E-state index is 13.1. The number of hydrogen-bond donors (Lipinski definition) is 0. The second kappa shape index (κ2) is 8.42. The van der Waals surface area contributed by atoms with Gasteiger partial charge in [0.25, 0.3) is 0 Å². The van der Waals surface area contributed by atoms with E-state index in [1.807, 2.05) is 24.1 Å². The molecule has 0 unspecified atom stereocenters. The van der Waals surface area contributed by atoms with Crippen molar-refractivity contribution in [3.8, 4) is 0 Å². The van der Waals surface area contributed by atoms with Gasteiger partial charge in [0.2, 0.25) is 0 Å². The van der Waals surface area contributed by atoms with Crippen molar-refractivity contribution in [3.63, 3.8) is 0 Å². The lowest BCUT2D eigenvalue weighted by molar-refractivity contribution is 0.247. The van der Waals surface area contributed by atoms with Crippen LogP contribution in [0.4, 0.5) is 10.1 Å². The van der Waals surface area contributed by atoms with Crippen LogP contribution in [0, 0.1) is 5.82 Å². The highest BCUT2D eigenvalue weighted by Gasteiger charge is 2.19. The van der Waals surface area contributed by atoms with Crippen molar-refractivity contribution in [2.75, 3.05) is 50.7 Å². The van der Waals surface area contributed by atoms with Crippen LogP contribution in [0.1, 0.15) is 12.0 Å². The lowest BCUT2D eigenvalue weighted by Gasteiger charge is -2.36. The molecule has 0 aliphatic carbocycles. The first kappa shape index (κ1) is 17.8. The van der Waals surface area contributed by atoms with Crippen molar-refractivity contribution in [3.05, 3.63) is 59.9 Å². The highest BCUT2D eigenvalue weighted by atomic mass is 32.2. The number of fused-ring (bicyclic) bond motifs is 1. The number of anilines is 1. The van der Waals surface area contributed by atoms with Gasteiger partial charge in [0.15, 0.2) is 0 Å². The summed E-state index contributed by atoms with van der Waals surface area (Å²) >= 11 is 1.92. The van der Waals surface area contributed by atoms with Crippen LogP contribution in [-0.2, 0) is 6.42 Å². The molecule has 138 valence electrons. The number of piperazine rings is 1. The molecule has 0 radical (unpaired) electrons. The summed E-state index contributed by atoms with van der Waals surface area (Å²) < 4.78 is 15.6. The maximum Gasteiger partial charge on any atom is 0.123 e. The van der Waals surface area contributed by atoms with E-state index in [1.165, 1.54) is 23.3 Å². The van der Waals surface area contributed by atoms with Gasteiger partial charge >= 0.3 is 0 Å². The lowest BCUT2D eigenvalue weighted by Crippen LogP contribution is -2.47. The Morgan fingerprint density at radius 3 is 2.42 bits per heavy atom. The molecule has 0 aromatic heterocycles. The fraction of sp³-hybridized carbons (Fsp3) is 0.429. The Labute approximate surface area is 159 Å². The van der Waals surface area contributed by atoms with Gasteiger partial charge < -0.3 is 4.90 Å². The molecular weight excluding hydrogens is 345 g/mol. The van der Waals surface area contributed by atoms with Crippen molar-refractivity contribution >= 4 is 17.6 Å². The quantitative estimate of drug-likeness (QED) is 0.737. The molecule has 2 aromatic rings. The predicted molar refractivity (Wildman–Crippen MR) is 107 cm³/mol. The third kappa shape index (κ3) is 4.40. The first-order valence-corrected chi connectivity index (χ1v) is 10.3. The molecule has 0 spiro atoms. The van der Waals surface area contributed by atoms with E-state index in [-0.39, 0.29) is 5.82 Å². The summed E-state index contributed by atoms with van der Waals surface area (Å²) in [4.78, 5) is 6.34. The molecule has 2 heterocycles. The highest BCUT2D eigenvalue weighted by molar-refractivity contribution is 7.97. The van der Waals surface area contributed by atoms with E-state index in [0.29, 0.717) is 0 Å². The molecule has 0 bridgehead atoms. The van der Waals surface area contributed by atoms with E-state index >= 15 is 0 Å². The molecule has 1 fully saturated rings. The van der Waals surface area contributed by atoms with Crippen molar-refractivity contribution < 1.29 is 4.39 Å². The minimum atomic E-state index is -0.161. The van der Waals surface area contributed by atoms with Crippen LogP contribution in [0.2, 0.25) is 0 Å². The smallest absolute Gasteiger partial charge is 0.123 e. The minimum absolute atomic E-state index is 0.161. The Bertz CT molecular complexity index is 713. The van der Waals surface area contributed by atoms with Gasteiger partial charge in [-0.1, -0.05) is 18.2 Å². The lowest BCUT2D eigenvalue weighted by atomic mass is 10.1. The van der Waals surface area contributed by atoms with E-state index in [1.54, 1.807) is 12.1 Å². The van der Waals surface area contributed by atoms with Crippen molar-refractivity contribution in [1.82, 2.24) is 9.21 Å². The van der Waals surface area contributed by atoms with E-state index in [9.17, 15) is 4.39 Å². The zero-order valence-electron chi connectivity index (χ0n) is 15.1. The second-order valence-electron chi connectivity index (χ2n) is 7.04. The SMILES string of the molecule is Fc1ccc(N2CCN(CCCN3CCc4ccccc4S3)CC2)cc1. The normalized spacial score (nSPS) is 18.7. The minimum Gasteiger partial charge on any atom is -0.369 e. The van der Waals surface area contributed by atoms with Gasteiger partial charge in [-0.2, -0.15) is 0 Å². The number of rotatable bonds is 5. The summed E-state index contributed by atoms with van der Waals surface area (Å²) in [7, 11) is 0. The number of benzene rings is 2. The molecular formula is C21H26FN3S. The number of hydrogen-bond acceptors (Lipinski definition) is 4. The second-order valence-corrected chi connectivity index (χ2v) is 8.18. The van der Waals surface area contributed by atoms with E-state index in [0.717, 1.165) is 51.5 Å². The monoisotopic (exact) mass is 371 g/mol. The summed E-state index contributed by atoms with van der Waals surface area (Å²) in [6.45, 7) is 7.70. The molecule has 2 aliphatic rings. The Balaban J connectivity index is 1.18. The summed E-state index contributed by atoms with van der Waals surface area (Å²) in [6.07, 6.45) is 2.38. The van der Waals surface area contributed by atoms with Gasteiger partial charge in [-0.05, 0) is 67.2 Å². The van der Waals surface area contributed by atoms with Crippen molar-refractivity contribution in [1.29, 1.82) is 0 Å². The summed E-state index contributed by atoms with van der Waals surface area (Å²) in [5, 5.41) is 0. The molecule has 2 aromatic carbocycles. The molecule has 4 rings (SSSR count). The molecule has 5 heteroatoms. The molecule has 26 heavy (non-hydrogen) atoms. The van der Waals surface area contributed by atoms with Crippen molar-refractivity contribution in [2.45, 2.75) is 17.7 Å². The van der Waals surface area contributed by atoms with Gasteiger partial charge in [0, 0.05) is 49.9 Å². The van der Waals surface area contributed by atoms with Gasteiger partial charge in [-0.15, -0.1) is 0 Å². The predicted octanol–water partition coefficient (Wildman–Crippen LogP) is 3.90. The summed E-state index contributed by atoms with van der Waals surface area (Å²) in [5.41, 5.74) is 2.63. The topological polar surface area (TPSA) is 9.72 Å². The van der Waals surface area contributed by atoms with Crippen LogP contribution >= 0.6 is 11.9 Å². The molecule has 0 saturated carbocycles. The summed E-state index contributed by atoms with van der Waals surface area (Å²) in [6, 6.07) is 15.6. The molecule has 0 N–H and O–H groups in total. The van der Waals surface area contributed by atoms with Crippen LogP contribution in [0.3, 0.4) is 0 Å². The Morgan fingerprint density at radius 2 is 1.62 bits per heavy atom. The van der Waals surface area contributed by atoms with Crippen molar-refractivity contribution in [2.24, 2.45) is 0 Å². The fourth-order valence-electron chi connectivity index (χ4n) is 3.74. The van der Waals surface area contributed by atoms with Crippen LogP contribution in [0.25, 0.3) is 0 Å². The van der Waals surface area contributed by atoms with Crippen LogP contribution in [-0.4, -0.2) is 55.0 Å².